The van der Waals surface area contributed by atoms with Crippen molar-refractivity contribution in [1.29, 1.82) is 0 Å². The first kappa shape index (κ1) is 16.3. The van der Waals surface area contributed by atoms with Gasteiger partial charge >= 0.3 is 0 Å². The van der Waals surface area contributed by atoms with Gasteiger partial charge in [-0.05, 0) is 30.5 Å². The van der Waals surface area contributed by atoms with Crippen molar-refractivity contribution in [3.05, 3.63) is 53.5 Å². The van der Waals surface area contributed by atoms with Gasteiger partial charge in [0.1, 0.15) is 0 Å². The Morgan fingerprint density at radius 1 is 1.33 bits per heavy atom. The fourth-order valence-corrected chi connectivity index (χ4v) is 2.86. The van der Waals surface area contributed by atoms with Gasteiger partial charge in [0.2, 0.25) is 5.91 Å². The summed E-state index contributed by atoms with van der Waals surface area (Å²) >= 11 is 0. The lowest BCUT2D eigenvalue weighted by molar-refractivity contribution is -0.121. The molecule has 2 heterocycles. The topological polar surface area (TPSA) is 71.9 Å². The van der Waals surface area contributed by atoms with Gasteiger partial charge < -0.3 is 14.6 Å². The van der Waals surface area contributed by atoms with Gasteiger partial charge in [-0.3, -0.25) is 9.89 Å². The molecule has 0 unspecified atom stereocenters. The first-order valence-corrected chi connectivity index (χ1v) is 8.01. The van der Waals surface area contributed by atoms with Crippen LogP contribution in [0.2, 0.25) is 0 Å². The quantitative estimate of drug-likeness (QED) is 0.701. The molecule has 3 rings (SSSR count). The van der Waals surface area contributed by atoms with Crippen molar-refractivity contribution in [1.82, 2.24) is 20.1 Å². The number of aromatic nitrogens is 3. The lowest BCUT2D eigenvalue weighted by Crippen LogP contribution is -2.24. The summed E-state index contributed by atoms with van der Waals surface area (Å²) in [6.07, 6.45) is 0.443. The number of H-pyrrole nitrogens is 1. The van der Waals surface area contributed by atoms with E-state index in [1.54, 1.807) is 7.11 Å². The molecule has 6 heteroatoms. The predicted molar refractivity (Wildman–Crippen MR) is 92.4 cm³/mol. The van der Waals surface area contributed by atoms with E-state index in [-0.39, 0.29) is 5.91 Å². The zero-order valence-corrected chi connectivity index (χ0v) is 14.0. The summed E-state index contributed by atoms with van der Waals surface area (Å²) < 4.78 is 7.20. The van der Waals surface area contributed by atoms with Crippen LogP contribution in [-0.4, -0.2) is 27.8 Å². The lowest BCUT2D eigenvalue weighted by Gasteiger charge is -2.08. The van der Waals surface area contributed by atoms with Crippen molar-refractivity contribution >= 4 is 16.8 Å². The van der Waals surface area contributed by atoms with Crippen LogP contribution in [0.15, 0.2) is 36.4 Å². The van der Waals surface area contributed by atoms with E-state index < -0.39 is 0 Å². The van der Waals surface area contributed by atoms with Gasteiger partial charge in [0.25, 0.3) is 0 Å². The Morgan fingerprint density at radius 2 is 2.17 bits per heavy atom. The molecular formula is C18H22N4O2. The molecular weight excluding hydrogens is 304 g/mol. The van der Waals surface area contributed by atoms with Crippen molar-refractivity contribution in [3.63, 3.8) is 0 Å². The molecule has 1 amide bonds. The Kier molecular flexibility index (Phi) is 4.96. The van der Waals surface area contributed by atoms with Crippen LogP contribution in [0.5, 0.6) is 0 Å². The van der Waals surface area contributed by atoms with Crippen LogP contribution in [0.3, 0.4) is 0 Å². The van der Waals surface area contributed by atoms with Crippen LogP contribution < -0.4 is 5.32 Å². The van der Waals surface area contributed by atoms with Crippen molar-refractivity contribution in [2.45, 2.75) is 33.0 Å². The van der Waals surface area contributed by atoms with Crippen LogP contribution in [0.4, 0.5) is 0 Å². The Morgan fingerprint density at radius 3 is 3.00 bits per heavy atom. The number of amides is 1. The summed E-state index contributed by atoms with van der Waals surface area (Å²) in [5, 5.41) is 11.1. The van der Waals surface area contributed by atoms with E-state index in [2.05, 4.69) is 45.2 Å². The van der Waals surface area contributed by atoms with Crippen molar-refractivity contribution < 1.29 is 9.53 Å². The van der Waals surface area contributed by atoms with Gasteiger partial charge in [-0.2, -0.15) is 5.10 Å². The number of nitrogens with zero attached hydrogens (tertiary/aromatic N) is 2. The number of hydrogen-bond donors (Lipinski definition) is 2. The standard InChI is InChI=1S/C18H22N4O2/c1-13-9-14-5-3-4-6-17(14)22(13)8-7-18(23)19-11-15-10-16(12-24-2)21-20-15/h3-6,9-10H,7-8,11-12H2,1-2H3,(H,19,23)(H,20,21). The Bertz CT molecular complexity index is 835. The third kappa shape index (κ3) is 3.65. The highest BCUT2D eigenvalue weighted by Crippen LogP contribution is 2.19. The van der Waals surface area contributed by atoms with E-state index in [1.165, 1.54) is 16.6 Å². The number of rotatable bonds is 7. The molecule has 1 aromatic carbocycles. The Labute approximate surface area is 140 Å². The Hall–Kier alpha value is -2.60. The van der Waals surface area contributed by atoms with E-state index in [9.17, 15) is 4.79 Å². The monoisotopic (exact) mass is 326 g/mol. The van der Waals surface area contributed by atoms with Gasteiger partial charge in [0, 0.05) is 31.3 Å². The number of aromatic amines is 1. The number of carbonyl (C=O) groups excluding carboxylic acids is 1. The maximum absolute atomic E-state index is 12.1. The molecule has 0 bridgehead atoms. The van der Waals surface area contributed by atoms with Crippen LogP contribution in [0.1, 0.15) is 23.5 Å². The van der Waals surface area contributed by atoms with E-state index in [1.807, 2.05) is 18.2 Å². The summed E-state index contributed by atoms with van der Waals surface area (Å²) in [5.41, 5.74) is 4.04. The van der Waals surface area contributed by atoms with E-state index in [4.69, 9.17) is 4.74 Å². The second-order valence-electron chi connectivity index (χ2n) is 5.84. The minimum atomic E-state index is 0.0232. The minimum Gasteiger partial charge on any atom is -0.378 e. The summed E-state index contributed by atoms with van der Waals surface area (Å²) in [7, 11) is 1.63. The third-order valence-corrected chi connectivity index (χ3v) is 4.03. The molecule has 0 fully saturated rings. The molecule has 2 N–H and O–H groups in total. The molecule has 6 nitrogen and oxygen atoms in total. The number of nitrogens with one attached hydrogen (secondary N) is 2. The second-order valence-corrected chi connectivity index (χ2v) is 5.84. The fraction of sp³-hybridized carbons (Fsp3) is 0.333. The molecule has 0 saturated carbocycles. The molecule has 0 saturated heterocycles. The van der Waals surface area contributed by atoms with Gasteiger partial charge in [0.15, 0.2) is 0 Å². The first-order chi connectivity index (χ1) is 11.7. The summed E-state index contributed by atoms with van der Waals surface area (Å²) in [6.45, 7) is 3.65. The van der Waals surface area contributed by atoms with Crippen LogP contribution >= 0.6 is 0 Å². The molecule has 126 valence electrons. The first-order valence-electron chi connectivity index (χ1n) is 8.01. The summed E-state index contributed by atoms with van der Waals surface area (Å²) in [5.74, 6) is 0.0232. The average Bonchev–Trinajstić information content (AvgIpc) is 3.15. The van der Waals surface area contributed by atoms with Gasteiger partial charge in [-0.25, -0.2) is 0 Å². The molecule has 0 aliphatic rings. The average molecular weight is 326 g/mol. The normalized spacial score (nSPS) is 11.1. The van der Waals surface area contributed by atoms with E-state index in [0.29, 0.717) is 26.1 Å². The van der Waals surface area contributed by atoms with Crippen molar-refractivity contribution in [2.75, 3.05) is 7.11 Å². The number of benzene rings is 1. The van der Waals surface area contributed by atoms with Crippen LogP contribution in [0.25, 0.3) is 10.9 Å². The smallest absolute Gasteiger partial charge is 0.222 e. The van der Waals surface area contributed by atoms with Gasteiger partial charge in [-0.15, -0.1) is 0 Å². The Balaban J connectivity index is 1.54. The highest BCUT2D eigenvalue weighted by molar-refractivity contribution is 5.81. The molecule has 0 aliphatic carbocycles. The number of carbonyl (C=O) groups is 1. The number of fused-ring (bicyclic) bond motifs is 1. The fourth-order valence-electron chi connectivity index (χ4n) is 2.86. The highest BCUT2D eigenvalue weighted by atomic mass is 16.5. The molecule has 0 radical (unpaired) electrons. The molecule has 0 spiro atoms. The maximum Gasteiger partial charge on any atom is 0.222 e. The number of hydrogen-bond acceptors (Lipinski definition) is 3. The highest BCUT2D eigenvalue weighted by Gasteiger charge is 2.08. The van der Waals surface area contributed by atoms with Crippen LogP contribution in [-0.2, 0) is 29.2 Å². The molecule has 0 aliphatic heterocycles. The second kappa shape index (κ2) is 7.31. The number of methoxy groups -OCH3 is 1. The van der Waals surface area contributed by atoms with Crippen LogP contribution in [0, 0.1) is 6.92 Å². The lowest BCUT2D eigenvalue weighted by atomic mass is 10.2. The predicted octanol–water partition coefficient (Wildman–Crippen LogP) is 2.53. The zero-order chi connectivity index (χ0) is 16.9. The molecule has 2 aromatic heterocycles. The maximum atomic E-state index is 12.1. The number of ether oxygens (including phenoxy) is 1. The summed E-state index contributed by atoms with van der Waals surface area (Å²) in [6, 6.07) is 12.3. The van der Waals surface area contributed by atoms with E-state index >= 15 is 0 Å². The van der Waals surface area contributed by atoms with Gasteiger partial charge in [-0.1, -0.05) is 18.2 Å². The molecule has 0 atom stereocenters. The SMILES string of the molecule is COCc1cc(CNC(=O)CCn2c(C)cc3ccccc32)[nH]n1. The minimum absolute atomic E-state index is 0.0232. The number of para-hydroxylation sites is 1. The van der Waals surface area contributed by atoms with E-state index in [0.717, 1.165) is 11.4 Å². The molecule has 3 aromatic rings. The van der Waals surface area contributed by atoms with Crippen molar-refractivity contribution in [3.8, 4) is 0 Å². The third-order valence-electron chi connectivity index (χ3n) is 4.03. The molecule has 24 heavy (non-hydrogen) atoms. The van der Waals surface area contributed by atoms with Crippen molar-refractivity contribution in [2.24, 2.45) is 0 Å². The summed E-state index contributed by atoms with van der Waals surface area (Å²) in [4.78, 5) is 12.1. The van der Waals surface area contributed by atoms with Gasteiger partial charge in [0.05, 0.1) is 24.5 Å². The number of aryl methyl sites for hydroxylation is 2. The zero-order valence-electron chi connectivity index (χ0n) is 14.0. The largest absolute Gasteiger partial charge is 0.378 e.